The van der Waals surface area contributed by atoms with Gasteiger partial charge in [-0.15, -0.1) is 0 Å². The quantitative estimate of drug-likeness (QED) is 0.652. The summed E-state index contributed by atoms with van der Waals surface area (Å²) in [5.41, 5.74) is 2.41. The Hall–Kier alpha value is -3.26. The molecular formula is C21H22ClN5O3. The average molecular weight is 428 g/mol. The lowest BCUT2D eigenvalue weighted by Crippen LogP contribution is -2.28. The van der Waals surface area contributed by atoms with Gasteiger partial charge in [0.05, 0.1) is 29.0 Å². The number of methoxy groups -OCH3 is 1. The first kappa shape index (κ1) is 20.0. The number of hydrogen-bond acceptors (Lipinski definition) is 5. The number of amides is 2. The Kier molecular flexibility index (Phi) is 5.26. The molecule has 0 spiro atoms. The zero-order valence-corrected chi connectivity index (χ0v) is 17.7. The molecule has 0 saturated carbocycles. The summed E-state index contributed by atoms with van der Waals surface area (Å²) >= 11 is 6.19. The number of fused-ring (bicyclic) bond motifs is 1. The molecule has 2 N–H and O–H groups in total. The zero-order valence-electron chi connectivity index (χ0n) is 16.9. The molecule has 2 amide bonds. The van der Waals surface area contributed by atoms with Crippen molar-refractivity contribution in [1.29, 1.82) is 0 Å². The summed E-state index contributed by atoms with van der Waals surface area (Å²) in [6, 6.07) is 10.9. The third-order valence-corrected chi connectivity index (χ3v) is 5.53. The minimum atomic E-state index is -0.489. The molecule has 0 aliphatic carbocycles. The maximum absolute atomic E-state index is 12.9. The zero-order chi connectivity index (χ0) is 21.4. The third-order valence-electron chi connectivity index (χ3n) is 5.23. The Balaban J connectivity index is 1.54. The first-order valence-electron chi connectivity index (χ1n) is 9.48. The van der Waals surface area contributed by atoms with Gasteiger partial charge in [-0.25, -0.2) is 0 Å². The lowest BCUT2D eigenvalue weighted by atomic mass is 10.1. The number of benzene rings is 2. The SMILES string of the molecule is COc1ccc(N2CC(C(=O)Nc3n[nH]c4cccc(N(C)C)c34)CC2=O)cc1Cl. The summed E-state index contributed by atoms with van der Waals surface area (Å²) in [7, 11) is 5.39. The molecule has 1 fully saturated rings. The Morgan fingerprint density at radius 1 is 1.33 bits per heavy atom. The number of carbonyl (C=O) groups is 2. The Morgan fingerprint density at radius 3 is 2.83 bits per heavy atom. The Labute approximate surface area is 178 Å². The number of halogens is 1. The number of nitrogens with one attached hydrogen (secondary N) is 2. The van der Waals surface area contributed by atoms with E-state index in [1.807, 2.05) is 37.2 Å². The van der Waals surface area contributed by atoms with Crippen LogP contribution in [-0.4, -0.2) is 49.8 Å². The highest BCUT2D eigenvalue weighted by molar-refractivity contribution is 6.32. The van der Waals surface area contributed by atoms with E-state index in [4.69, 9.17) is 16.3 Å². The standard InChI is InChI=1S/C21H22ClN5O3/c1-26(2)16-6-4-5-15-19(16)20(25-24-15)23-21(29)12-9-18(28)27(11-12)13-7-8-17(30-3)14(22)10-13/h4-8,10,12H,9,11H2,1-3H3,(H2,23,24,25,29). The van der Waals surface area contributed by atoms with Crippen LogP contribution < -0.4 is 19.9 Å². The first-order chi connectivity index (χ1) is 14.4. The van der Waals surface area contributed by atoms with Gasteiger partial charge in [-0.05, 0) is 30.3 Å². The van der Waals surface area contributed by atoms with Crippen LogP contribution >= 0.6 is 11.6 Å². The van der Waals surface area contributed by atoms with Crippen LogP contribution in [0.2, 0.25) is 5.02 Å². The van der Waals surface area contributed by atoms with E-state index < -0.39 is 5.92 Å². The van der Waals surface area contributed by atoms with Crippen molar-refractivity contribution in [2.24, 2.45) is 5.92 Å². The van der Waals surface area contributed by atoms with Gasteiger partial charge in [0.15, 0.2) is 5.82 Å². The molecule has 1 atom stereocenters. The summed E-state index contributed by atoms with van der Waals surface area (Å²) in [5.74, 6) is 0.127. The van der Waals surface area contributed by atoms with Crippen molar-refractivity contribution in [1.82, 2.24) is 10.2 Å². The summed E-state index contributed by atoms with van der Waals surface area (Å²) in [6.45, 7) is 0.274. The summed E-state index contributed by atoms with van der Waals surface area (Å²) in [5, 5.41) is 11.3. The fraction of sp³-hybridized carbons (Fsp3) is 0.286. The Morgan fingerprint density at radius 2 is 2.13 bits per heavy atom. The largest absolute Gasteiger partial charge is 0.495 e. The summed E-state index contributed by atoms with van der Waals surface area (Å²) in [6.07, 6.45) is 0.123. The van der Waals surface area contributed by atoms with Crippen molar-refractivity contribution in [2.75, 3.05) is 42.9 Å². The fourth-order valence-electron chi connectivity index (χ4n) is 3.69. The van der Waals surface area contributed by atoms with Gasteiger partial charge in [-0.2, -0.15) is 5.10 Å². The second kappa shape index (κ2) is 7.87. The van der Waals surface area contributed by atoms with E-state index in [2.05, 4.69) is 15.5 Å². The molecule has 1 aliphatic heterocycles. The van der Waals surface area contributed by atoms with Crippen molar-refractivity contribution in [3.05, 3.63) is 41.4 Å². The molecule has 3 aromatic rings. The smallest absolute Gasteiger partial charge is 0.231 e. The van der Waals surface area contributed by atoms with Gasteiger partial charge in [0.2, 0.25) is 11.8 Å². The van der Waals surface area contributed by atoms with Gasteiger partial charge in [0, 0.05) is 38.4 Å². The summed E-state index contributed by atoms with van der Waals surface area (Å²) in [4.78, 5) is 29.0. The van der Waals surface area contributed by atoms with Crippen molar-refractivity contribution < 1.29 is 14.3 Å². The number of rotatable bonds is 5. The van der Waals surface area contributed by atoms with Crippen molar-refractivity contribution in [2.45, 2.75) is 6.42 Å². The van der Waals surface area contributed by atoms with Gasteiger partial charge >= 0.3 is 0 Å². The van der Waals surface area contributed by atoms with Crippen LogP contribution in [0.5, 0.6) is 5.75 Å². The van der Waals surface area contributed by atoms with Crippen LogP contribution in [0.3, 0.4) is 0 Å². The molecule has 2 heterocycles. The predicted octanol–water partition coefficient (Wildman–Crippen LogP) is 3.28. The van der Waals surface area contributed by atoms with Crippen molar-refractivity contribution in [3.63, 3.8) is 0 Å². The minimum absolute atomic E-state index is 0.123. The number of nitrogens with zero attached hydrogens (tertiary/aromatic N) is 3. The number of H-pyrrole nitrogens is 1. The van der Waals surface area contributed by atoms with Gasteiger partial charge in [-0.1, -0.05) is 17.7 Å². The number of aromatic nitrogens is 2. The third kappa shape index (κ3) is 3.54. The second-order valence-corrected chi connectivity index (χ2v) is 7.79. The van der Waals surface area contributed by atoms with Crippen molar-refractivity contribution in [3.8, 4) is 5.75 Å². The topological polar surface area (TPSA) is 90.6 Å². The van der Waals surface area contributed by atoms with E-state index >= 15 is 0 Å². The minimum Gasteiger partial charge on any atom is -0.495 e. The van der Waals surface area contributed by atoms with E-state index in [1.165, 1.54) is 7.11 Å². The summed E-state index contributed by atoms with van der Waals surface area (Å²) < 4.78 is 5.16. The van der Waals surface area contributed by atoms with E-state index in [1.54, 1.807) is 23.1 Å². The Bertz CT molecular complexity index is 1130. The number of hydrogen-bond donors (Lipinski definition) is 2. The monoisotopic (exact) mass is 427 g/mol. The fourth-order valence-corrected chi connectivity index (χ4v) is 3.94. The number of carbonyl (C=O) groups excluding carboxylic acids is 2. The van der Waals surface area contributed by atoms with Crippen LogP contribution in [0, 0.1) is 5.92 Å². The molecule has 0 radical (unpaired) electrons. The molecule has 8 nitrogen and oxygen atoms in total. The molecule has 0 bridgehead atoms. The highest BCUT2D eigenvalue weighted by Crippen LogP contribution is 2.34. The van der Waals surface area contributed by atoms with Crippen LogP contribution in [0.25, 0.3) is 10.9 Å². The van der Waals surface area contributed by atoms with E-state index in [0.29, 0.717) is 22.3 Å². The van der Waals surface area contributed by atoms with Crippen LogP contribution in [0.1, 0.15) is 6.42 Å². The molecular weight excluding hydrogens is 406 g/mol. The van der Waals surface area contributed by atoms with E-state index in [9.17, 15) is 9.59 Å². The lowest BCUT2D eigenvalue weighted by Gasteiger charge is -2.18. The van der Waals surface area contributed by atoms with Crippen LogP contribution in [-0.2, 0) is 9.59 Å². The predicted molar refractivity (Wildman–Crippen MR) is 118 cm³/mol. The molecule has 4 rings (SSSR count). The van der Waals surface area contributed by atoms with Gasteiger partial charge < -0.3 is 19.9 Å². The molecule has 30 heavy (non-hydrogen) atoms. The van der Waals surface area contributed by atoms with Crippen molar-refractivity contribution >= 4 is 51.5 Å². The number of aromatic amines is 1. The number of ether oxygens (including phenoxy) is 1. The number of anilines is 3. The molecule has 9 heteroatoms. The van der Waals surface area contributed by atoms with E-state index in [0.717, 1.165) is 16.6 Å². The molecule has 1 aliphatic rings. The normalized spacial score (nSPS) is 16.2. The van der Waals surface area contributed by atoms with Crippen LogP contribution in [0.4, 0.5) is 17.2 Å². The maximum Gasteiger partial charge on any atom is 0.231 e. The van der Waals surface area contributed by atoms with Gasteiger partial charge in [0.25, 0.3) is 0 Å². The lowest BCUT2D eigenvalue weighted by molar-refractivity contribution is -0.122. The first-order valence-corrected chi connectivity index (χ1v) is 9.86. The molecule has 1 aromatic heterocycles. The van der Waals surface area contributed by atoms with Gasteiger partial charge in [-0.3, -0.25) is 14.7 Å². The molecule has 1 saturated heterocycles. The van der Waals surface area contributed by atoms with Crippen LogP contribution in [0.15, 0.2) is 36.4 Å². The molecule has 1 unspecified atom stereocenters. The highest BCUT2D eigenvalue weighted by atomic mass is 35.5. The second-order valence-electron chi connectivity index (χ2n) is 7.38. The maximum atomic E-state index is 12.9. The molecule has 2 aromatic carbocycles. The average Bonchev–Trinajstić information content (AvgIpc) is 3.31. The highest BCUT2D eigenvalue weighted by Gasteiger charge is 2.36. The molecule has 156 valence electrons. The van der Waals surface area contributed by atoms with Gasteiger partial charge in [0.1, 0.15) is 5.75 Å². The van der Waals surface area contributed by atoms with E-state index in [-0.39, 0.29) is 24.8 Å².